The van der Waals surface area contributed by atoms with Crippen molar-refractivity contribution in [1.82, 2.24) is 0 Å². The first-order valence-electron chi connectivity index (χ1n) is 5.59. The van der Waals surface area contributed by atoms with Crippen LogP contribution in [0.2, 0.25) is 0 Å². The van der Waals surface area contributed by atoms with Gasteiger partial charge in [-0.2, -0.15) is 0 Å². The zero-order valence-electron chi connectivity index (χ0n) is 10.3. The van der Waals surface area contributed by atoms with Gasteiger partial charge in [-0.05, 0) is 30.3 Å². The molecule has 2 aromatic carbocycles. The van der Waals surface area contributed by atoms with Crippen molar-refractivity contribution in [3.63, 3.8) is 0 Å². The Morgan fingerprint density at radius 3 is 2.33 bits per heavy atom. The van der Waals surface area contributed by atoms with E-state index in [1.54, 1.807) is 12.1 Å². The topological polar surface area (TPSA) is 72.2 Å². The van der Waals surface area contributed by atoms with Gasteiger partial charge in [-0.3, -0.25) is 14.9 Å². The third-order valence-corrected chi connectivity index (χ3v) is 3.14. The molecule has 0 aromatic heterocycles. The summed E-state index contributed by atoms with van der Waals surface area (Å²) in [4.78, 5) is 21.8. The zero-order valence-corrected chi connectivity index (χ0v) is 11.9. The van der Waals surface area contributed by atoms with E-state index in [9.17, 15) is 23.7 Å². The van der Waals surface area contributed by atoms with Crippen molar-refractivity contribution in [2.24, 2.45) is 0 Å². The second-order valence-electron chi connectivity index (χ2n) is 3.97. The average molecular weight is 357 g/mol. The van der Waals surface area contributed by atoms with Crippen molar-refractivity contribution < 1.29 is 18.5 Å². The van der Waals surface area contributed by atoms with E-state index in [0.717, 1.165) is 10.5 Å². The van der Waals surface area contributed by atoms with Gasteiger partial charge in [-0.15, -0.1) is 0 Å². The molecule has 1 N–H and O–H groups in total. The van der Waals surface area contributed by atoms with Gasteiger partial charge in [-0.25, -0.2) is 8.78 Å². The van der Waals surface area contributed by atoms with E-state index in [2.05, 4.69) is 15.9 Å². The molecule has 0 atom stereocenters. The van der Waals surface area contributed by atoms with Crippen LogP contribution in [-0.4, -0.2) is 10.8 Å². The molecule has 0 unspecified atom stereocenters. The van der Waals surface area contributed by atoms with E-state index in [1.165, 1.54) is 12.1 Å². The zero-order chi connectivity index (χ0) is 15.6. The van der Waals surface area contributed by atoms with Crippen LogP contribution in [-0.2, 0) is 0 Å². The molecule has 8 heteroatoms. The van der Waals surface area contributed by atoms with Crippen molar-refractivity contribution >= 4 is 33.2 Å². The van der Waals surface area contributed by atoms with E-state index in [1.807, 2.05) is 5.32 Å². The van der Waals surface area contributed by atoms with Gasteiger partial charge in [0.05, 0.1) is 4.92 Å². The summed E-state index contributed by atoms with van der Waals surface area (Å²) in [6.07, 6.45) is 0. The van der Waals surface area contributed by atoms with Crippen LogP contribution in [0.1, 0.15) is 10.4 Å². The first kappa shape index (κ1) is 15.0. The Balaban J connectivity index is 2.38. The average Bonchev–Trinajstić information content (AvgIpc) is 2.44. The molecule has 0 aliphatic carbocycles. The van der Waals surface area contributed by atoms with E-state index >= 15 is 0 Å². The molecule has 0 aliphatic rings. The third kappa shape index (κ3) is 3.22. The number of halogens is 3. The Kier molecular flexibility index (Phi) is 4.27. The summed E-state index contributed by atoms with van der Waals surface area (Å²) in [6, 6.07) is 7.43. The van der Waals surface area contributed by atoms with Crippen molar-refractivity contribution in [3.8, 4) is 0 Å². The van der Waals surface area contributed by atoms with Crippen LogP contribution in [0.5, 0.6) is 0 Å². The second kappa shape index (κ2) is 5.96. The molecule has 2 rings (SSSR count). The predicted octanol–water partition coefficient (Wildman–Crippen LogP) is 3.89. The van der Waals surface area contributed by atoms with Gasteiger partial charge in [0.2, 0.25) is 0 Å². The van der Waals surface area contributed by atoms with Crippen molar-refractivity contribution in [1.29, 1.82) is 0 Å². The Bertz CT molecular complexity index is 720. The number of nitro benzene ring substituents is 1. The molecule has 2 aromatic rings. The second-order valence-corrected chi connectivity index (χ2v) is 4.89. The number of benzene rings is 2. The number of nitrogens with one attached hydrogen (secondary N) is 1. The SMILES string of the molecule is O=C(Nc1c([N+](=O)[O-])ccc(F)c1F)c1ccc(Br)cc1. The summed E-state index contributed by atoms with van der Waals surface area (Å²) in [5.74, 6) is -3.54. The van der Waals surface area contributed by atoms with Gasteiger partial charge in [0, 0.05) is 16.1 Å². The lowest BCUT2D eigenvalue weighted by atomic mass is 10.2. The van der Waals surface area contributed by atoms with Crippen molar-refractivity contribution in [3.05, 3.63) is 68.2 Å². The fourth-order valence-corrected chi connectivity index (χ4v) is 1.86. The lowest BCUT2D eigenvalue weighted by Crippen LogP contribution is -2.15. The summed E-state index contributed by atoms with van der Waals surface area (Å²) in [5.41, 5.74) is -1.37. The maximum absolute atomic E-state index is 13.7. The summed E-state index contributed by atoms with van der Waals surface area (Å²) in [6.45, 7) is 0. The summed E-state index contributed by atoms with van der Waals surface area (Å²) in [7, 11) is 0. The Labute approximate surface area is 125 Å². The molecule has 0 fully saturated rings. The monoisotopic (exact) mass is 356 g/mol. The largest absolute Gasteiger partial charge is 0.314 e. The molecular weight excluding hydrogens is 350 g/mol. The quantitative estimate of drug-likeness (QED) is 0.669. The van der Waals surface area contributed by atoms with Crippen LogP contribution < -0.4 is 5.32 Å². The first-order chi connectivity index (χ1) is 9.90. The fraction of sp³-hybridized carbons (Fsp3) is 0. The minimum absolute atomic E-state index is 0.149. The highest BCUT2D eigenvalue weighted by molar-refractivity contribution is 9.10. The van der Waals surface area contributed by atoms with Gasteiger partial charge < -0.3 is 5.32 Å². The minimum atomic E-state index is -1.48. The number of nitro groups is 1. The van der Waals surface area contributed by atoms with Crippen LogP contribution in [0.3, 0.4) is 0 Å². The molecule has 0 aliphatic heterocycles. The number of carbonyl (C=O) groups is 1. The van der Waals surface area contributed by atoms with Crippen LogP contribution >= 0.6 is 15.9 Å². The molecule has 21 heavy (non-hydrogen) atoms. The van der Waals surface area contributed by atoms with Crippen LogP contribution in [0.25, 0.3) is 0 Å². The van der Waals surface area contributed by atoms with Crippen LogP contribution in [0, 0.1) is 21.7 Å². The number of hydrogen-bond donors (Lipinski definition) is 1. The number of amides is 1. The number of rotatable bonds is 3. The standard InChI is InChI=1S/C13H7BrF2N2O3/c14-8-3-1-7(2-4-8)13(19)17-12-10(18(20)21)6-5-9(15)11(12)16/h1-6H,(H,17,19). The highest BCUT2D eigenvalue weighted by Gasteiger charge is 2.23. The highest BCUT2D eigenvalue weighted by atomic mass is 79.9. The highest BCUT2D eigenvalue weighted by Crippen LogP contribution is 2.29. The summed E-state index contributed by atoms with van der Waals surface area (Å²) >= 11 is 3.18. The summed E-state index contributed by atoms with van der Waals surface area (Å²) in [5, 5.41) is 12.8. The Morgan fingerprint density at radius 1 is 1.14 bits per heavy atom. The van der Waals surface area contributed by atoms with Gasteiger partial charge in [-0.1, -0.05) is 15.9 Å². The molecule has 0 spiro atoms. The molecule has 1 amide bonds. The predicted molar refractivity (Wildman–Crippen MR) is 75.1 cm³/mol. The molecular formula is C13H7BrF2N2O3. The minimum Gasteiger partial charge on any atom is -0.314 e. The molecule has 0 saturated carbocycles. The molecule has 108 valence electrons. The van der Waals surface area contributed by atoms with Gasteiger partial charge >= 0.3 is 0 Å². The lowest BCUT2D eigenvalue weighted by Gasteiger charge is -2.07. The molecule has 0 bridgehead atoms. The van der Waals surface area contributed by atoms with Gasteiger partial charge in [0.15, 0.2) is 17.3 Å². The van der Waals surface area contributed by atoms with E-state index in [4.69, 9.17) is 0 Å². The summed E-state index contributed by atoms with van der Waals surface area (Å²) < 4.78 is 27.6. The van der Waals surface area contributed by atoms with Crippen LogP contribution in [0.4, 0.5) is 20.2 Å². The number of nitrogens with zero attached hydrogens (tertiary/aromatic N) is 1. The normalized spacial score (nSPS) is 10.2. The van der Waals surface area contributed by atoms with E-state index < -0.39 is 33.8 Å². The Morgan fingerprint density at radius 2 is 1.76 bits per heavy atom. The third-order valence-electron chi connectivity index (χ3n) is 2.61. The lowest BCUT2D eigenvalue weighted by molar-refractivity contribution is -0.384. The number of carbonyl (C=O) groups excluding carboxylic acids is 1. The van der Waals surface area contributed by atoms with E-state index in [-0.39, 0.29) is 5.56 Å². The van der Waals surface area contributed by atoms with Crippen LogP contribution in [0.15, 0.2) is 40.9 Å². The first-order valence-corrected chi connectivity index (χ1v) is 6.38. The molecule has 0 heterocycles. The van der Waals surface area contributed by atoms with E-state index in [0.29, 0.717) is 6.07 Å². The Hall–Kier alpha value is -2.35. The van der Waals surface area contributed by atoms with Gasteiger partial charge in [0.25, 0.3) is 11.6 Å². The molecule has 0 radical (unpaired) electrons. The number of hydrogen-bond acceptors (Lipinski definition) is 3. The maximum atomic E-state index is 13.7. The molecule has 0 saturated heterocycles. The van der Waals surface area contributed by atoms with Gasteiger partial charge in [0.1, 0.15) is 0 Å². The smallest absolute Gasteiger partial charge is 0.296 e. The number of anilines is 1. The van der Waals surface area contributed by atoms with Crippen molar-refractivity contribution in [2.45, 2.75) is 0 Å². The van der Waals surface area contributed by atoms with Crippen molar-refractivity contribution in [2.75, 3.05) is 5.32 Å². The maximum Gasteiger partial charge on any atom is 0.296 e. The fourth-order valence-electron chi connectivity index (χ4n) is 1.60. The molecule has 5 nitrogen and oxygen atoms in total.